The first-order chi connectivity index (χ1) is 11.5. The zero-order valence-corrected chi connectivity index (χ0v) is 18.0. The number of amides is 1. The summed E-state index contributed by atoms with van der Waals surface area (Å²) in [5, 5.41) is 12.4. The van der Waals surface area contributed by atoms with Crippen molar-refractivity contribution in [3.05, 3.63) is 30.4 Å². The van der Waals surface area contributed by atoms with Gasteiger partial charge in [-0.05, 0) is 87.7 Å². The lowest BCUT2D eigenvalue weighted by Gasteiger charge is -2.29. The number of carbonyl (C=O) groups excluding carboxylic acids is 1. The summed E-state index contributed by atoms with van der Waals surface area (Å²) in [7, 11) is 1.63. The van der Waals surface area contributed by atoms with Gasteiger partial charge in [-0.2, -0.15) is 5.26 Å². The van der Waals surface area contributed by atoms with E-state index in [2.05, 4.69) is 57.4 Å². The molecule has 2 rings (SSSR count). The van der Waals surface area contributed by atoms with Gasteiger partial charge >= 0.3 is 0 Å². The summed E-state index contributed by atoms with van der Waals surface area (Å²) in [6, 6.07) is 6.03. The first-order valence-electron chi connectivity index (χ1n) is 7.92. The molecular formula is C18H20I2N2O2. The van der Waals surface area contributed by atoms with Crippen LogP contribution >= 0.6 is 45.2 Å². The molecule has 1 aromatic carbocycles. The number of hydrogen-bond acceptors (Lipinski definition) is 3. The molecule has 0 unspecified atom stereocenters. The Kier molecular flexibility index (Phi) is 7.34. The van der Waals surface area contributed by atoms with Crippen molar-refractivity contribution in [2.24, 2.45) is 5.92 Å². The Morgan fingerprint density at radius 3 is 2.50 bits per heavy atom. The van der Waals surface area contributed by atoms with Crippen LogP contribution in [0.15, 0.2) is 17.7 Å². The molecule has 1 N–H and O–H groups in total. The van der Waals surface area contributed by atoms with Crippen LogP contribution in [0.4, 0.5) is 0 Å². The summed E-state index contributed by atoms with van der Waals surface area (Å²) in [5.41, 5.74) is 0.970. The van der Waals surface area contributed by atoms with Gasteiger partial charge in [0.1, 0.15) is 17.4 Å². The molecule has 4 nitrogen and oxygen atoms in total. The van der Waals surface area contributed by atoms with Gasteiger partial charge in [-0.1, -0.05) is 19.8 Å². The molecule has 0 spiro atoms. The summed E-state index contributed by atoms with van der Waals surface area (Å²) in [6.07, 6.45) is 6.12. The molecule has 24 heavy (non-hydrogen) atoms. The average molecular weight is 550 g/mol. The average Bonchev–Trinajstić information content (AvgIpc) is 2.54. The van der Waals surface area contributed by atoms with Crippen molar-refractivity contribution in [3.63, 3.8) is 0 Å². The first kappa shape index (κ1) is 19.5. The summed E-state index contributed by atoms with van der Waals surface area (Å²) in [6.45, 7) is 2.16. The van der Waals surface area contributed by atoms with E-state index in [4.69, 9.17) is 4.74 Å². The third-order valence-electron chi connectivity index (χ3n) is 4.33. The predicted molar refractivity (Wildman–Crippen MR) is 112 cm³/mol. The lowest BCUT2D eigenvalue weighted by molar-refractivity contribution is -0.118. The highest BCUT2D eigenvalue weighted by Gasteiger charge is 2.24. The van der Waals surface area contributed by atoms with E-state index in [9.17, 15) is 10.1 Å². The van der Waals surface area contributed by atoms with Crippen LogP contribution in [0.3, 0.4) is 0 Å². The van der Waals surface area contributed by atoms with Crippen LogP contribution in [0.5, 0.6) is 5.75 Å². The normalized spacial score (nSPS) is 21.0. The summed E-state index contributed by atoms with van der Waals surface area (Å²) < 4.78 is 7.24. The number of methoxy groups -OCH3 is 1. The van der Waals surface area contributed by atoms with Crippen LogP contribution in [0.25, 0.3) is 6.08 Å². The van der Waals surface area contributed by atoms with Gasteiger partial charge in [0.2, 0.25) is 0 Å². The molecule has 2 atom stereocenters. The maximum absolute atomic E-state index is 12.5. The van der Waals surface area contributed by atoms with Crippen LogP contribution in [0, 0.1) is 24.4 Å². The highest BCUT2D eigenvalue weighted by atomic mass is 127. The minimum atomic E-state index is -0.280. The van der Waals surface area contributed by atoms with Gasteiger partial charge < -0.3 is 10.1 Å². The molecule has 1 aliphatic carbocycles. The number of carbonyl (C=O) groups is 1. The highest BCUT2D eigenvalue weighted by molar-refractivity contribution is 14.1. The number of benzene rings is 1. The Morgan fingerprint density at radius 2 is 1.96 bits per heavy atom. The molecule has 1 amide bonds. The van der Waals surface area contributed by atoms with Gasteiger partial charge in [0.15, 0.2) is 0 Å². The van der Waals surface area contributed by atoms with E-state index in [-0.39, 0.29) is 17.5 Å². The Labute approximate surface area is 170 Å². The first-order valence-corrected chi connectivity index (χ1v) is 10.1. The minimum absolute atomic E-state index is 0.143. The molecule has 128 valence electrons. The topological polar surface area (TPSA) is 62.1 Å². The van der Waals surface area contributed by atoms with E-state index in [1.807, 2.05) is 18.2 Å². The Morgan fingerprint density at radius 1 is 1.33 bits per heavy atom. The van der Waals surface area contributed by atoms with Gasteiger partial charge in [0.05, 0.1) is 14.3 Å². The monoisotopic (exact) mass is 550 g/mol. The summed E-state index contributed by atoms with van der Waals surface area (Å²) in [4.78, 5) is 12.5. The van der Waals surface area contributed by atoms with Gasteiger partial charge in [-0.3, -0.25) is 4.79 Å². The second-order valence-electron chi connectivity index (χ2n) is 6.03. The Hall–Kier alpha value is -0.820. The molecule has 0 saturated heterocycles. The molecule has 1 aliphatic rings. The second-order valence-corrected chi connectivity index (χ2v) is 8.35. The van der Waals surface area contributed by atoms with E-state index in [0.717, 1.165) is 37.7 Å². The van der Waals surface area contributed by atoms with Gasteiger partial charge in [-0.25, -0.2) is 0 Å². The largest absolute Gasteiger partial charge is 0.495 e. The molecule has 0 heterocycles. The minimum Gasteiger partial charge on any atom is -0.495 e. The smallest absolute Gasteiger partial charge is 0.262 e. The molecule has 0 bridgehead atoms. The number of nitrogens with one attached hydrogen (secondary N) is 1. The molecule has 0 aromatic heterocycles. The van der Waals surface area contributed by atoms with Crippen LogP contribution < -0.4 is 10.1 Å². The van der Waals surface area contributed by atoms with Gasteiger partial charge in [0.25, 0.3) is 5.91 Å². The zero-order valence-electron chi connectivity index (χ0n) is 13.7. The third kappa shape index (κ3) is 4.85. The van der Waals surface area contributed by atoms with Crippen molar-refractivity contribution in [2.75, 3.05) is 7.11 Å². The SMILES string of the molecule is COc1c(I)cc(/C=C(\C#N)C(=O)N[C@H]2CCCC[C@@H]2C)cc1I. The van der Waals surface area contributed by atoms with Crippen LogP contribution in [0.2, 0.25) is 0 Å². The number of halogens is 2. The Balaban J connectivity index is 2.19. The van der Waals surface area contributed by atoms with E-state index < -0.39 is 0 Å². The van der Waals surface area contributed by atoms with Crippen LogP contribution in [-0.4, -0.2) is 19.1 Å². The number of rotatable bonds is 4. The quantitative estimate of drug-likeness (QED) is 0.341. The van der Waals surface area contributed by atoms with E-state index >= 15 is 0 Å². The fraction of sp³-hybridized carbons (Fsp3) is 0.444. The summed E-state index contributed by atoms with van der Waals surface area (Å²) in [5.74, 6) is 0.995. The molecule has 1 fully saturated rings. The van der Waals surface area contributed by atoms with Crippen molar-refractivity contribution in [2.45, 2.75) is 38.6 Å². The van der Waals surface area contributed by atoms with E-state index in [1.54, 1.807) is 13.2 Å². The van der Waals surface area contributed by atoms with Crippen molar-refractivity contribution >= 4 is 57.2 Å². The van der Waals surface area contributed by atoms with Gasteiger partial charge in [-0.15, -0.1) is 0 Å². The highest BCUT2D eigenvalue weighted by Crippen LogP contribution is 2.29. The molecular weight excluding hydrogens is 530 g/mol. The van der Waals surface area contributed by atoms with E-state index in [0.29, 0.717) is 5.92 Å². The molecule has 6 heteroatoms. The fourth-order valence-corrected chi connectivity index (χ4v) is 5.21. The van der Waals surface area contributed by atoms with Crippen molar-refractivity contribution in [1.29, 1.82) is 5.26 Å². The lowest BCUT2D eigenvalue weighted by atomic mass is 9.86. The second kappa shape index (κ2) is 9.04. The molecule has 1 saturated carbocycles. The van der Waals surface area contributed by atoms with Crippen molar-refractivity contribution < 1.29 is 9.53 Å². The molecule has 0 radical (unpaired) electrons. The Bertz CT molecular complexity index is 672. The fourth-order valence-electron chi connectivity index (χ4n) is 2.95. The summed E-state index contributed by atoms with van der Waals surface area (Å²) >= 11 is 4.38. The standard InChI is InChI=1S/C18H20I2N2O2/c1-11-5-3-4-6-16(11)22-18(23)13(10-21)7-12-8-14(19)17(24-2)15(20)9-12/h7-9,11,16H,3-6H2,1-2H3,(H,22,23)/b13-7+/t11-,16-/m0/s1. The molecule has 1 aromatic rings. The lowest BCUT2D eigenvalue weighted by Crippen LogP contribution is -2.41. The third-order valence-corrected chi connectivity index (χ3v) is 5.93. The number of nitriles is 1. The van der Waals surface area contributed by atoms with Crippen molar-refractivity contribution in [3.8, 4) is 11.8 Å². The molecule has 0 aliphatic heterocycles. The zero-order chi connectivity index (χ0) is 17.7. The van der Waals surface area contributed by atoms with Crippen LogP contribution in [0.1, 0.15) is 38.2 Å². The maximum Gasteiger partial charge on any atom is 0.262 e. The number of nitrogens with zero attached hydrogens (tertiary/aromatic N) is 1. The number of hydrogen-bond donors (Lipinski definition) is 1. The van der Waals surface area contributed by atoms with Gasteiger partial charge in [0, 0.05) is 6.04 Å². The van der Waals surface area contributed by atoms with E-state index in [1.165, 1.54) is 6.42 Å². The number of ether oxygens (including phenoxy) is 1. The van der Waals surface area contributed by atoms with Crippen molar-refractivity contribution in [1.82, 2.24) is 5.32 Å². The predicted octanol–water partition coefficient (Wildman–Crippen LogP) is 4.51. The van der Waals surface area contributed by atoms with Crippen LogP contribution in [-0.2, 0) is 4.79 Å². The maximum atomic E-state index is 12.5.